The Bertz CT molecular complexity index is 711. The van der Waals surface area contributed by atoms with Crippen molar-refractivity contribution in [3.05, 3.63) is 24.3 Å². The molecule has 24 heavy (non-hydrogen) atoms. The van der Waals surface area contributed by atoms with Crippen molar-refractivity contribution < 1.29 is 17.9 Å². The van der Waals surface area contributed by atoms with Gasteiger partial charge in [-0.1, -0.05) is 19.1 Å². The molecule has 0 aromatic heterocycles. The number of likely N-dealkylation sites (tertiary alicyclic amines) is 1. The number of amides is 1. The number of carbonyl (C=O) groups excluding carboxylic acids is 1. The monoisotopic (exact) mass is 352 g/mol. The van der Waals surface area contributed by atoms with E-state index in [-0.39, 0.29) is 12.5 Å². The van der Waals surface area contributed by atoms with E-state index in [1.807, 2.05) is 4.90 Å². The molecule has 0 N–H and O–H groups in total. The summed E-state index contributed by atoms with van der Waals surface area (Å²) in [5.41, 5.74) is 0.502. The van der Waals surface area contributed by atoms with Gasteiger partial charge in [0.25, 0.3) is 5.91 Å². The molecule has 2 heterocycles. The lowest BCUT2D eigenvalue weighted by Gasteiger charge is -2.32. The fraction of sp³-hybridized carbons (Fsp3) is 0.588. The molecule has 0 aliphatic carbocycles. The van der Waals surface area contributed by atoms with Crippen LogP contribution in [0.15, 0.2) is 24.3 Å². The number of sulfonamides is 1. The molecule has 1 aromatic carbocycles. The van der Waals surface area contributed by atoms with Crippen LogP contribution in [0.3, 0.4) is 0 Å². The van der Waals surface area contributed by atoms with Gasteiger partial charge in [0.15, 0.2) is 6.10 Å². The molecule has 1 aromatic rings. The number of anilines is 1. The maximum Gasteiger partial charge on any atom is 0.263 e. The number of fused-ring (bicyclic) bond motifs is 1. The van der Waals surface area contributed by atoms with E-state index in [2.05, 4.69) is 6.92 Å². The zero-order valence-electron chi connectivity index (χ0n) is 14.1. The smallest absolute Gasteiger partial charge is 0.263 e. The van der Waals surface area contributed by atoms with Crippen molar-refractivity contribution in [3.8, 4) is 5.75 Å². The number of rotatable bonds is 2. The molecule has 1 fully saturated rings. The van der Waals surface area contributed by atoms with Gasteiger partial charge in [0.05, 0.1) is 11.9 Å². The lowest BCUT2D eigenvalue weighted by molar-refractivity contribution is -0.140. The molecule has 2 aliphatic rings. The van der Waals surface area contributed by atoms with Crippen LogP contribution in [0.1, 0.15) is 26.2 Å². The van der Waals surface area contributed by atoms with Gasteiger partial charge in [-0.2, -0.15) is 0 Å². The Balaban J connectivity index is 1.83. The molecular weight excluding hydrogens is 328 g/mol. The number of para-hydroxylation sites is 2. The van der Waals surface area contributed by atoms with Crippen LogP contribution in [-0.4, -0.2) is 51.2 Å². The summed E-state index contributed by atoms with van der Waals surface area (Å²) in [7, 11) is -3.42. The fourth-order valence-electron chi connectivity index (χ4n) is 3.28. The van der Waals surface area contributed by atoms with Crippen LogP contribution in [0.2, 0.25) is 0 Å². The maximum absolute atomic E-state index is 12.8. The van der Waals surface area contributed by atoms with E-state index in [0.29, 0.717) is 23.8 Å². The molecule has 0 saturated carbocycles. The minimum Gasteiger partial charge on any atom is -0.478 e. The van der Waals surface area contributed by atoms with Crippen LogP contribution < -0.4 is 9.04 Å². The van der Waals surface area contributed by atoms with Gasteiger partial charge in [-0.05, 0) is 30.9 Å². The summed E-state index contributed by atoms with van der Waals surface area (Å²) in [4.78, 5) is 14.7. The number of hydrogen-bond acceptors (Lipinski definition) is 4. The van der Waals surface area contributed by atoms with Crippen molar-refractivity contribution in [3.63, 3.8) is 0 Å². The molecule has 3 rings (SSSR count). The molecule has 7 heteroatoms. The highest BCUT2D eigenvalue weighted by atomic mass is 32.2. The third-order valence-corrected chi connectivity index (χ3v) is 5.95. The zero-order valence-corrected chi connectivity index (χ0v) is 15.0. The number of hydrogen-bond donors (Lipinski definition) is 0. The van der Waals surface area contributed by atoms with E-state index >= 15 is 0 Å². The van der Waals surface area contributed by atoms with Gasteiger partial charge in [0.2, 0.25) is 10.0 Å². The predicted molar refractivity (Wildman–Crippen MR) is 92.6 cm³/mol. The first-order chi connectivity index (χ1) is 11.4. The van der Waals surface area contributed by atoms with Crippen LogP contribution in [0.5, 0.6) is 5.75 Å². The van der Waals surface area contributed by atoms with Gasteiger partial charge in [-0.25, -0.2) is 8.42 Å². The maximum atomic E-state index is 12.8. The quantitative estimate of drug-likeness (QED) is 0.815. The van der Waals surface area contributed by atoms with E-state index in [9.17, 15) is 13.2 Å². The van der Waals surface area contributed by atoms with Crippen LogP contribution in [-0.2, 0) is 14.8 Å². The Morgan fingerprint density at radius 2 is 1.79 bits per heavy atom. The van der Waals surface area contributed by atoms with Crippen LogP contribution in [0, 0.1) is 5.92 Å². The minimum atomic E-state index is -3.42. The van der Waals surface area contributed by atoms with Crippen LogP contribution >= 0.6 is 0 Å². The highest BCUT2D eigenvalue weighted by molar-refractivity contribution is 7.92. The number of ether oxygens (including phenoxy) is 1. The molecule has 0 bridgehead atoms. The third-order valence-electron chi connectivity index (χ3n) is 4.77. The second-order valence-corrected chi connectivity index (χ2v) is 8.61. The lowest BCUT2D eigenvalue weighted by atomic mass is 9.98. The molecule has 0 spiro atoms. The van der Waals surface area contributed by atoms with Gasteiger partial charge in [-0.3, -0.25) is 9.10 Å². The van der Waals surface area contributed by atoms with E-state index in [1.54, 1.807) is 24.3 Å². The summed E-state index contributed by atoms with van der Waals surface area (Å²) < 4.78 is 31.4. The van der Waals surface area contributed by atoms with E-state index in [0.717, 1.165) is 25.9 Å². The Morgan fingerprint density at radius 3 is 2.46 bits per heavy atom. The summed E-state index contributed by atoms with van der Waals surface area (Å²) in [6.07, 6.45) is 2.91. The number of nitrogens with zero attached hydrogens (tertiary/aromatic N) is 2. The molecule has 0 unspecified atom stereocenters. The number of carbonyl (C=O) groups is 1. The average molecular weight is 352 g/mol. The summed E-state index contributed by atoms with van der Waals surface area (Å²) in [6, 6.07) is 6.99. The van der Waals surface area contributed by atoms with Gasteiger partial charge in [0.1, 0.15) is 5.75 Å². The molecule has 2 aliphatic heterocycles. The highest BCUT2D eigenvalue weighted by Gasteiger charge is 2.34. The topological polar surface area (TPSA) is 66.9 Å². The standard InChI is InChI=1S/C17H24N2O4S/c1-13-7-10-18(11-8-13)17(20)16-9-12-19(24(2,21)22)14-5-3-4-6-15(14)23-16/h3-6,13,16H,7-12H2,1-2H3/t16-/m1/s1. The Labute approximate surface area is 143 Å². The average Bonchev–Trinajstić information content (AvgIpc) is 2.74. The van der Waals surface area contributed by atoms with Crippen molar-refractivity contribution in [2.75, 3.05) is 30.2 Å². The largest absolute Gasteiger partial charge is 0.478 e. The third kappa shape index (κ3) is 3.50. The first kappa shape index (κ1) is 17.1. The van der Waals surface area contributed by atoms with Crippen molar-refractivity contribution in [1.29, 1.82) is 0 Å². The zero-order chi connectivity index (χ0) is 17.3. The van der Waals surface area contributed by atoms with Crippen LogP contribution in [0.4, 0.5) is 5.69 Å². The van der Waals surface area contributed by atoms with Crippen molar-refractivity contribution in [2.24, 2.45) is 5.92 Å². The Morgan fingerprint density at radius 1 is 1.12 bits per heavy atom. The van der Waals surface area contributed by atoms with Crippen molar-refractivity contribution in [2.45, 2.75) is 32.3 Å². The molecule has 1 amide bonds. The molecular formula is C17H24N2O4S. The Hall–Kier alpha value is -1.76. The van der Waals surface area contributed by atoms with Gasteiger partial charge in [0, 0.05) is 26.1 Å². The highest BCUT2D eigenvalue weighted by Crippen LogP contribution is 2.34. The van der Waals surface area contributed by atoms with Crippen molar-refractivity contribution >= 4 is 21.6 Å². The SMILES string of the molecule is CC1CCN(C(=O)[C@H]2CCN(S(C)(=O)=O)c3ccccc3O2)CC1. The van der Waals surface area contributed by atoms with E-state index < -0.39 is 16.1 Å². The molecule has 132 valence electrons. The second-order valence-electron chi connectivity index (χ2n) is 6.71. The van der Waals surface area contributed by atoms with Gasteiger partial charge < -0.3 is 9.64 Å². The number of benzene rings is 1. The van der Waals surface area contributed by atoms with Gasteiger partial charge >= 0.3 is 0 Å². The minimum absolute atomic E-state index is 0.0351. The second kappa shape index (κ2) is 6.63. The van der Waals surface area contributed by atoms with Crippen LogP contribution in [0.25, 0.3) is 0 Å². The fourth-order valence-corrected chi connectivity index (χ4v) is 4.23. The van der Waals surface area contributed by atoms with Crippen molar-refractivity contribution in [1.82, 2.24) is 4.90 Å². The lowest BCUT2D eigenvalue weighted by Crippen LogP contribution is -2.46. The molecule has 1 atom stereocenters. The molecule has 1 saturated heterocycles. The Kier molecular flexibility index (Phi) is 4.71. The summed E-state index contributed by atoms with van der Waals surface area (Å²) >= 11 is 0. The molecule has 6 nitrogen and oxygen atoms in total. The summed E-state index contributed by atoms with van der Waals surface area (Å²) in [6.45, 7) is 3.94. The molecule has 0 radical (unpaired) electrons. The first-order valence-electron chi connectivity index (χ1n) is 8.38. The first-order valence-corrected chi connectivity index (χ1v) is 10.2. The van der Waals surface area contributed by atoms with E-state index in [4.69, 9.17) is 4.74 Å². The summed E-state index contributed by atoms with van der Waals surface area (Å²) in [5, 5.41) is 0. The van der Waals surface area contributed by atoms with Gasteiger partial charge in [-0.15, -0.1) is 0 Å². The predicted octanol–water partition coefficient (Wildman–Crippen LogP) is 1.86. The number of piperidine rings is 1. The van der Waals surface area contributed by atoms with E-state index in [1.165, 1.54) is 10.6 Å². The summed E-state index contributed by atoms with van der Waals surface area (Å²) in [5.74, 6) is 1.06. The normalized spacial score (nSPS) is 22.5.